The molecule has 2 aliphatic heterocycles. The minimum atomic E-state index is -3.26. The van der Waals surface area contributed by atoms with Crippen molar-refractivity contribution in [2.75, 3.05) is 39.0 Å². The summed E-state index contributed by atoms with van der Waals surface area (Å²) in [4.78, 5) is 41.2. The summed E-state index contributed by atoms with van der Waals surface area (Å²) in [5.41, 5.74) is 0.805. The molecule has 0 bridgehead atoms. The van der Waals surface area contributed by atoms with Crippen molar-refractivity contribution < 1.29 is 27.2 Å². The molecule has 2 fully saturated rings. The molecule has 3 amide bonds. The first-order valence-corrected chi connectivity index (χ1v) is 13.2. The SMILES string of the molecule is CS(=O)(=O)c1ccc(CC(=O)N2CCC3(CCN(C(=O)CNC(=O)c4ccco4)CC3)C2)cc1. The Bertz CT molecular complexity index is 1150. The van der Waals surface area contributed by atoms with Gasteiger partial charge < -0.3 is 19.5 Å². The Labute approximate surface area is 199 Å². The third-order valence-corrected chi connectivity index (χ3v) is 7.95. The third-order valence-electron chi connectivity index (χ3n) is 6.82. The molecule has 0 radical (unpaired) electrons. The Morgan fingerprint density at radius 3 is 2.21 bits per heavy atom. The fourth-order valence-corrected chi connectivity index (χ4v) is 5.32. The van der Waals surface area contributed by atoms with Crippen LogP contribution in [0.25, 0.3) is 0 Å². The van der Waals surface area contributed by atoms with Crippen molar-refractivity contribution in [1.29, 1.82) is 0 Å². The Morgan fingerprint density at radius 1 is 0.971 bits per heavy atom. The van der Waals surface area contributed by atoms with Crippen LogP contribution in [0.3, 0.4) is 0 Å². The van der Waals surface area contributed by atoms with E-state index in [1.54, 1.807) is 29.2 Å². The molecule has 3 heterocycles. The van der Waals surface area contributed by atoms with Crippen molar-refractivity contribution in [2.45, 2.75) is 30.6 Å². The zero-order chi connectivity index (χ0) is 24.3. The molecule has 34 heavy (non-hydrogen) atoms. The zero-order valence-corrected chi connectivity index (χ0v) is 20.0. The van der Waals surface area contributed by atoms with Gasteiger partial charge >= 0.3 is 0 Å². The number of piperidine rings is 1. The fraction of sp³-hybridized carbons (Fsp3) is 0.458. The van der Waals surface area contributed by atoms with E-state index in [-0.39, 0.29) is 40.9 Å². The van der Waals surface area contributed by atoms with Crippen LogP contribution in [0.5, 0.6) is 0 Å². The lowest BCUT2D eigenvalue weighted by atomic mass is 9.78. The predicted molar refractivity (Wildman–Crippen MR) is 124 cm³/mol. The highest BCUT2D eigenvalue weighted by molar-refractivity contribution is 7.90. The number of furan rings is 1. The zero-order valence-electron chi connectivity index (χ0n) is 19.2. The second-order valence-electron chi connectivity index (χ2n) is 9.20. The summed E-state index contributed by atoms with van der Waals surface area (Å²) in [6.45, 7) is 2.49. The number of rotatable bonds is 6. The van der Waals surface area contributed by atoms with Gasteiger partial charge in [0.15, 0.2) is 15.6 Å². The summed E-state index contributed by atoms with van der Waals surface area (Å²) in [5.74, 6) is -0.337. The summed E-state index contributed by atoms with van der Waals surface area (Å²) < 4.78 is 28.2. The second-order valence-corrected chi connectivity index (χ2v) is 11.2. The Hall–Kier alpha value is -3.14. The van der Waals surface area contributed by atoms with Crippen LogP contribution in [-0.2, 0) is 25.8 Å². The van der Waals surface area contributed by atoms with Gasteiger partial charge in [-0.05, 0) is 54.5 Å². The van der Waals surface area contributed by atoms with Crippen LogP contribution in [-0.4, -0.2) is 74.9 Å². The molecule has 10 heteroatoms. The second kappa shape index (κ2) is 9.61. The lowest BCUT2D eigenvalue weighted by Gasteiger charge is -2.39. The van der Waals surface area contributed by atoms with Gasteiger partial charge in [-0.15, -0.1) is 0 Å². The van der Waals surface area contributed by atoms with Crippen LogP contribution in [0.2, 0.25) is 0 Å². The molecule has 1 spiro atoms. The molecule has 182 valence electrons. The normalized spacial score (nSPS) is 17.7. The van der Waals surface area contributed by atoms with Gasteiger partial charge in [-0.1, -0.05) is 12.1 Å². The maximum atomic E-state index is 12.8. The van der Waals surface area contributed by atoms with E-state index in [4.69, 9.17) is 4.42 Å². The van der Waals surface area contributed by atoms with E-state index >= 15 is 0 Å². The number of carbonyl (C=O) groups is 3. The average Bonchev–Trinajstić information content (AvgIpc) is 3.49. The number of amides is 3. The quantitative estimate of drug-likeness (QED) is 0.660. The van der Waals surface area contributed by atoms with Gasteiger partial charge in [0.2, 0.25) is 11.8 Å². The van der Waals surface area contributed by atoms with Crippen molar-refractivity contribution in [3.05, 3.63) is 54.0 Å². The average molecular weight is 488 g/mol. The monoisotopic (exact) mass is 487 g/mol. The van der Waals surface area contributed by atoms with Crippen LogP contribution >= 0.6 is 0 Å². The van der Waals surface area contributed by atoms with E-state index < -0.39 is 15.7 Å². The van der Waals surface area contributed by atoms with Gasteiger partial charge in [0.05, 0.1) is 24.1 Å². The standard InChI is InChI=1S/C24H29N3O6S/c1-34(31,32)19-6-4-18(5-7-19)15-21(28)27-13-10-24(17-27)8-11-26(12-9-24)22(29)16-25-23(30)20-3-2-14-33-20/h2-7,14H,8-13,15-17H2,1H3,(H,25,30). The van der Waals surface area contributed by atoms with E-state index in [2.05, 4.69) is 5.32 Å². The van der Waals surface area contributed by atoms with Gasteiger partial charge in [0, 0.05) is 32.4 Å². The number of nitrogens with zero attached hydrogens (tertiary/aromatic N) is 2. The van der Waals surface area contributed by atoms with Crippen LogP contribution in [0, 0.1) is 5.41 Å². The number of sulfone groups is 1. The van der Waals surface area contributed by atoms with Crippen molar-refractivity contribution in [3.63, 3.8) is 0 Å². The molecule has 0 saturated carbocycles. The smallest absolute Gasteiger partial charge is 0.287 e. The molecule has 1 aromatic carbocycles. The Balaban J connectivity index is 1.24. The van der Waals surface area contributed by atoms with E-state index in [0.29, 0.717) is 26.2 Å². The first-order valence-electron chi connectivity index (χ1n) is 11.3. The molecule has 2 aliphatic rings. The van der Waals surface area contributed by atoms with Gasteiger partial charge in [-0.2, -0.15) is 0 Å². The summed E-state index contributed by atoms with van der Waals surface area (Å²) in [6, 6.07) is 9.61. The first kappa shape index (κ1) is 24.0. The van der Waals surface area contributed by atoms with E-state index in [9.17, 15) is 22.8 Å². The fourth-order valence-electron chi connectivity index (χ4n) is 4.69. The molecule has 2 aromatic rings. The molecule has 9 nitrogen and oxygen atoms in total. The molecule has 2 saturated heterocycles. The highest BCUT2D eigenvalue weighted by atomic mass is 32.2. The molecular formula is C24H29N3O6S. The number of hydrogen-bond acceptors (Lipinski definition) is 6. The lowest BCUT2D eigenvalue weighted by Crippen LogP contribution is -2.47. The summed E-state index contributed by atoms with van der Waals surface area (Å²) in [6.07, 6.45) is 5.34. The molecular weight excluding hydrogens is 458 g/mol. The summed E-state index contributed by atoms with van der Waals surface area (Å²) >= 11 is 0. The van der Waals surface area contributed by atoms with Crippen LogP contribution in [0.1, 0.15) is 35.4 Å². The molecule has 0 aliphatic carbocycles. The summed E-state index contributed by atoms with van der Waals surface area (Å²) in [5, 5.41) is 2.59. The molecule has 0 atom stereocenters. The number of carbonyl (C=O) groups excluding carboxylic acids is 3. The van der Waals surface area contributed by atoms with E-state index in [1.165, 1.54) is 18.4 Å². The Kier molecular flexibility index (Phi) is 6.79. The maximum Gasteiger partial charge on any atom is 0.287 e. The topological polar surface area (TPSA) is 117 Å². The number of benzene rings is 1. The Morgan fingerprint density at radius 2 is 1.62 bits per heavy atom. The number of nitrogens with one attached hydrogen (secondary N) is 1. The van der Waals surface area contributed by atoms with Crippen molar-refractivity contribution >= 4 is 27.6 Å². The largest absolute Gasteiger partial charge is 0.459 e. The minimum Gasteiger partial charge on any atom is -0.459 e. The number of hydrogen-bond donors (Lipinski definition) is 1. The van der Waals surface area contributed by atoms with Crippen LogP contribution in [0.4, 0.5) is 0 Å². The van der Waals surface area contributed by atoms with Gasteiger partial charge in [-0.25, -0.2) is 8.42 Å². The minimum absolute atomic E-state index is 0.0179. The molecule has 4 rings (SSSR count). The maximum absolute atomic E-state index is 12.8. The van der Waals surface area contributed by atoms with Crippen molar-refractivity contribution in [3.8, 4) is 0 Å². The van der Waals surface area contributed by atoms with Crippen molar-refractivity contribution in [1.82, 2.24) is 15.1 Å². The van der Waals surface area contributed by atoms with E-state index in [0.717, 1.165) is 31.1 Å². The van der Waals surface area contributed by atoms with Gasteiger partial charge in [-0.3, -0.25) is 14.4 Å². The van der Waals surface area contributed by atoms with Gasteiger partial charge in [0.1, 0.15) is 0 Å². The molecule has 1 N–H and O–H groups in total. The molecule has 1 aromatic heterocycles. The highest BCUT2D eigenvalue weighted by Crippen LogP contribution is 2.40. The highest BCUT2D eigenvalue weighted by Gasteiger charge is 2.42. The third kappa shape index (κ3) is 5.49. The van der Waals surface area contributed by atoms with E-state index in [1.807, 2.05) is 4.90 Å². The first-order chi connectivity index (χ1) is 16.2. The van der Waals surface area contributed by atoms with Gasteiger partial charge in [0.25, 0.3) is 5.91 Å². The molecule has 0 unspecified atom stereocenters. The van der Waals surface area contributed by atoms with Crippen LogP contribution < -0.4 is 5.32 Å². The van der Waals surface area contributed by atoms with Crippen molar-refractivity contribution in [2.24, 2.45) is 5.41 Å². The number of likely N-dealkylation sites (tertiary alicyclic amines) is 2. The lowest BCUT2D eigenvalue weighted by molar-refractivity contribution is -0.133. The van der Waals surface area contributed by atoms with Crippen LogP contribution in [0.15, 0.2) is 52.0 Å². The predicted octanol–water partition coefficient (Wildman–Crippen LogP) is 1.50. The summed E-state index contributed by atoms with van der Waals surface area (Å²) in [7, 11) is -3.26.